The Kier molecular flexibility index (Phi) is 6.57. The van der Waals surface area contributed by atoms with Crippen LogP contribution in [0, 0.1) is 56.7 Å². The highest BCUT2D eigenvalue weighted by Crippen LogP contribution is 2.70. The molecule has 8 atom stereocenters. The van der Waals surface area contributed by atoms with E-state index in [2.05, 4.69) is 39.8 Å². The van der Waals surface area contributed by atoms with Gasteiger partial charge in [-0.2, -0.15) is 5.26 Å². The molecule has 0 amide bonds. The summed E-state index contributed by atoms with van der Waals surface area (Å²) >= 11 is 0. The fourth-order valence-corrected chi connectivity index (χ4v) is 9.30. The third-order valence-corrected chi connectivity index (χ3v) is 11.2. The van der Waals surface area contributed by atoms with E-state index < -0.39 is 6.10 Å². The number of allylic oxidation sites excluding steroid dienone is 3. The van der Waals surface area contributed by atoms with Gasteiger partial charge in [0.25, 0.3) is 0 Å². The molecular formula is C30H47NO3. The highest BCUT2D eigenvalue weighted by Gasteiger charge is 2.63. The number of rotatable bonds is 1. The third-order valence-electron chi connectivity index (χ3n) is 11.2. The van der Waals surface area contributed by atoms with Crippen LogP contribution in [0.15, 0.2) is 23.0 Å². The summed E-state index contributed by atoms with van der Waals surface area (Å²) in [6, 6.07) is 2.26. The minimum absolute atomic E-state index is 0.0197. The molecule has 190 valence electrons. The second kappa shape index (κ2) is 8.67. The van der Waals surface area contributed by atoms with Crippen LogP contribution < -0.4 is 0 Å². The summed E-state index contributed by atoms with van der Waals surface area (Å²) in [6.45, 7) is 13.7. The Morgan fingerprint density at radius 1 is 1.00 bits per heavy atom. The first-order chi connectivity index (χ1) is 16.0. The molecule has 0 heterocycles. The van der Waals surface area contributed by atoms with E-state index in [9.17, 15) is 20.6 Å². The van der Waals surface area contributed by atoms with Crippen LogP contribution in [0.25, 0.3) is 0 Å². The topological polar surface area (TPSA) is 84.5 Å². The van der Waals surface area contributed by atoms with E-state index in [1.54, 1.807) is 0 Å². The minimum Gasteiger partial charge on any atom is -0.511 e. The molecule has 0 aromatic rings. The van der Waals surface area contributed by atoms with Crippen LogP contribution in [0.4, 0.5) is 0 Å². The summed E-state index contributed by atoms with van der Waals surface area (Å²) in [7, 11) is 0. The minimum atomic E-state index is -0.492. The number of nitriles is 1. The molecule has 5 aliphatic rings. The van der Waals surface area contributed by atoms with Crippen molar-refractivity contribution in [3.8, 4) is 6.07 Å². The van der Waals surface area contributed by atoms with E-state index in [1.807, 2.05) is 13.8 Å². The number of hydrogen-bond acceptors (Lipinski definition) is 4. The summed E-state index contributed by atoms with van der Waals surface area (Å²) in [5.41, 5.74) is 1.95. The van der Waals surface area contributed by atoms with Gasteiger partial charge in [-0.3, -0.25) is 0 Å². The number of aliphatic hydroxyl groups is 3. The number of fused-ring (bicyclic) bond motifs is 7. The normalized spacial score (nSPS) is 46.9. The molecular weight excluding hydrogens is 422 g/mol. The highest BCUT2D eigenvalue weighted by molar-refractivity contribution is 5.40. The maximum Gasteiger partial charge on any atom is 0.106 e. The maximum absolute atomic E-state index is 11.7. The summed E-state index contributed by atoms with van der Waals surface area (Å²) < 4.78 is 0. The molecule has 5 aliphatic carbocycles. The lowest BCUT2D eigenvalue weighted by Crippen LogP contribution is -2.60. The van der Waals surface area contributed by atoms with Crippen molar-refractivity contribution in [3.05, 3.63) is 23.0 Å². The molecule has 34 heavy (non-hydrogen) atoms. The second-order valence-corrected chi connectivity index (χ2v) is 13.3. The molecule has 0 spiro atoms. The Morgan fingerprint density at radius 3 is 2.35 bits per heavy atom. The quantitative estimate of drug-likeness (QED) is 0.373. The zero-order chi connectivity index (χ0) is 25.1. The monoisotopic (exact) mass is 469 g/mol. The summed E-state index contributed by atoms with van der Waals surface area (Å²) in [5.74, 6) is 1.58. The molecule has 0 saturated heterocycles. The van der Waals surface area contributed by atoms with Gasteiger partial charge in [0.1, 0.15) is 5.76 Å². The molecule has 0 aliphatic heterocycles. The lowest BCUT2D eigenvalue weighted by Gasteiger charge is -2.65. The van der Waals surface area contributed by atoms with Crippen LogP contribution in [0.2, 0.25) is 0 Å². The Bertz CT molecular complexity index is 913. The Balaban J connectivity index is 0.00000133. The van der Waals surface area contributed by atoms with Gasteiger partial charge in [0, 0.05) is 13.0 Å². The number of aliphatic hydroxyl groups excluding tert-OH is 3. The molecule has 4 nitrogen and oxygen atoms in total. The molecule has 0 aromatic heterocycles. The molecule has 5 rings (SSSR count). The van der Waals surface area contributed by atoms with Gasteiger partial charge in [-0.25, -0.2) is 0 Å². The van der Waals surface area contributed by atoms with E-state index >= 15 is 0 Å². The van der Waals surface area contributed by atoms with Crippen molar-refractivity contribution in [2.45, 2.75) is 105 Å². The van der Waals surface area contributed by atoms with Crippen LogP contribution in [-0.4, -0.2) is 28.0 Å². The van der Waals surface area contributed by atoms with Crippen LogP contribution in [-0.2, 0) is 0 Å². The van der Waals surface area contributed by atoms with Crippen molar-refractivity contribution >= 4 is 0 Å². The molecule has 0 bridgehead atoms. The van der Waals surface area contributed by atoms with Crippen LogP contribution in [0.3, 0.4) is 0 Å². The first-order valence-electron chi connectivity index (χ1n) is 13.8. The van der Waals surface area contributed by atoms with Gasteiger partial charge in [-0.15, -0.1) is 0 Å². The number of nitrogens with zero attached hydrogens (tertiary/aromatic N) is 1. The van der Waals surface area contributed by atoms with Crippen molar-refractivity contribution in [2.75, 3.05) is 6.61 Å². The first-order valence-corrected chi connectivity index (χ1v) is 13.8. The SMILES string of the molecule is CC.CC1(C)CCC2(CO)CCC3C(C(O)C=C4C5(C)CC(C#N)=C(O)CC5CCC43C)C2C1. The van der Waals surface area contributed by atoms with E-state index in [1.165, 1.54) is 5.57 Å². The van der Waals surface area contributed by atoms with Crippen molar-refractivity contribution in [1.29, 1.82) is 5.26 Å². The van der Waals surface area contributed by atoms with Gasteiger partial charge >= 0.3 is 0 Å². The van der Waals surface area contributed by atoms with Crippen LogP contribution in [0.1, 0.15) is 99.3 Å². The van der Waals surface area contributed by atoms with E-state index in [4.69, 9.17) is 0 Å². The Hall–Kier alpha value is -1.31. The molecule has 8 unspecified atom stereocenters. The highest BCUT2D eigenvalue weighted by atomic mass is 16.3. The molecule has 0 aromatic carbocycles. The molecule has 0 radical (unpaired) electrons. The predicted octanol–water partition coefficient (Wildman–Crippen LogP) is 6.70. The third kappa shape index (κ3) is 3.60. The fraction of sp³-hybridized carbons (Fsp3) is 0.833. The maximum atomic E-state index is 11.7. The predicted molar refractivity (Wildman–Crippen MR) is 136 cm³/mol. The molecule has 3 N–H and O–H groups in total. The lowest BCUT2D eigenvalue weighted by molar-refractivity contribution is -0.152. The zero-order valence-electron chi connectivity index (χ0n) is 22.3. The van der Waals surface area contributed by atoms with E-state index in [0.717, 1.165) is 44.9 Å². The molecule has 4 heteroatoms. The van der Waals surface area contributed by atoms with Gasteiger partial charge in [0.05, 0.1) is 17.7 Å². The second-order valence-electron chi connectivity index (χ2n) is 13.3. The van der Waals surface area contributed by atoms with Gasteiger partial charge in [-0.05, 0) is 96.7 Å². The summed E-state index contributed by atoms with van der Waals surface area (Å²) in [5, 5.41) is 42.3. The summed E-state index contributed by atoms with van der Waals surface area (Å²) in [4.78, 5) is 0. The lowest BCUT2D eigenvalue weighted by atomic mass is 9.39. The van der Waals surface area contributed by atoms with Gasteiger partial charge in [0.2, 0.25) is 0 Å². The van der Waals surface area contributed by atoms with Crippen LogP contribution >= 0.6 is 0 Å². The van der Waals surface area contributed by atoms with Crippen molar-refractivity contribution < 1.29 is 15.3 Å². The smallest absolute Gasteiger partial charge is 0.106 e. The summed E-state index contributed by atoms with van der Waals surface area (Å²) in [6.07, 6.45) is 10.4. The molecule has 3 fully saturated rings. The molecule has 3 saturated carbocycles. The standard InChI is InChI=1S/C28H41NO3.C2H6/c1-25(2)9-10-28(16-30)8-6-19-24(20(28)14-25)22(32)12-23-26(19,3)7-5-18-11-21(31)17(15-29)13-27(18,23)4;1-2/h12,18-20,22,24,30-32H,5-11,13-14,16H2,1-4H3;1-2H3. The number of hydrogen-bond donors (Lipinski definition) is 3. The van der Waals surface area contributed by atoms with Crippen molar-refractivity contribution in [2.24, 2.45) is 45.3 Å². The van der Waals surface area contributed by atoms with Crippen molar-refractivity contribution in [1.82, 2.24) is 0 Å². The van der Waals surface area contributed by atoms with E-state index in [0.29, 0.717) is 36.2 Å². The van der Waals surface area contributed by atoms with Gasteiger partial charge in [-0.1, -0.05) is 53.2 Å². The average Bonchev–Trinajstić information content (AvgIpc) is 2.81. The Morgan fingerprint density at radius 2 is 1.71 bits per heavy atom. The van der Waals surface area contributed by atoms with Crippen molar-refractivity contribution in [3.63, 3.8) is 0 Å². The van der Waals surface area contributed by atoms with E-state index in [-0.39, 0.29) is 39.9 Å². The average molecular weight is 470 g/mol. The zero-order valence-corrected chi connectivity index (χ0v) is 22.3. The Labute approximate surface area is 207 Å². The fourth-order valence-electron chi connectivity index (χ4n) is 9.30. The van der Waals surface area contributed by atoms with Gasteiger partial charge in [0.15, 0.2) is 0 Å². The first kappa shape index (κ1) is 25.8. The largest absolute Gasteiger partial charge is 0.511 e. The van der Waals surface area contributed by atoms with Crippen LogP contribution in [0.5, 0.6) is 0 Å². The van der Waals surface area contributed by atoms with Gasteiger partial charge < -0.3 is 15.3 Å².